The molecule has 1 aromatic rings. The molecule has 13 heavy (non-hydrogen) atoms. The number of hydrogen-bond donors (Lipinski definition) is 0. The second kappa shape index (κ2) is 3.05. The molecule has 4 heteroatoms. The molecular formula is C9H9O4. The summed E-state index contributed by atoms with van der Waals surface area (Å²) >= 11 is 0. The number of rotatable bonds is 2. The Labute approximate surface area is 76.0 Å². The highest BCUT2D eigenvalue weighted by molar-refractivity contribution is 5.56. The Balaban J connectivity index is 2.49. The Hall–Kier alpha value is -1.58. The zero-order valence-electron chi connectivity index (χ0n) is 7.42. The summed E-state index contributed by atoms with van der Waals surface area (Å²) in [6.45, 7) is 0.204. The lowest BCUT2D eigenvalue weighted by Gasteiger charge is -2.06. The summed E-state index contributed by atoms with van der Waals surface area (Å²) < 4.78 is 20.4. The normalized spacial score (nSPS) is 12.8. The van der Waals surface area contributed by atoms with Gasteiger partial charge in [-0.05, 0) is 0 Å². The average Bonchev–Trinajstić information content (AvgIpc) is 2.63. The summed E-state index contributed by atoms with van der Waals surface area (Å²) in [5.41, 5.74) is 0. The van der Waals surface area contributed by atoms with Crippen LogP contribution in [0.5, 0.6) is 23.0 Å². The van der Waals surface area contributed by atoms with Gasteiger partial charge in [0.1, 0.15) is 5.75 Å². The van der Waals surface area contributed by atoms with Gasteiger partial charge in [-0.25, -0.2) is 0 Å². The molecule has 0 atom stereocenters. The van der Waals surface area contributed by atoms with Crippen molar-refractivity contribution in [3.63, 3.8) is 0 Å². The summed E-state index contributed by atoms with van der Waals surface area (Å²) in [6.07, 6.45) is 0. The predicted molar refractivity (Wildman–Crippen MR) is 44.5 cm³/mol. The van der Waals surface area contributed by atoms with E-state index in [4.69, 9.17) is 18.9 Å². The number of benzene rings is 1. The molecule has 4 nitrogen and oxygen atoms in total. The zero-order chi connectivity index (χ0) is 9.26. The van der Waals surface area contributed by atoms with E-state index in [2.05, 4.69) is 6.07 Å². The van der Waals surface area contributed by atoms with Crippen LogP contribution in [0.25, 0.3) is 0 Å². The van der Waals surface area contributed by atoms with E-state index < -0.39 is 0 Å². The molecule has 1 aromatic carbocycles. The minimum atomic E-state index is 0.204. The Morgan fingerprint density at radius 3 is 2.85 bits per heavy atom. The second-order valence-electron chi connectivity index (χ2n) is 2.47. The fraction of sp³-hybridized carbons (Fsp3) is 0.333. The highest BCUT2D eigenvalue weighted by Crippen LogP contribution is 2.43. The van der Waals surface area contributed by atoms with Crippen molar-refractivity contribution in [3.8, 4) is 23.0 Å². The molecule has 1 aliphatic rings. The van der Waals surface area contributed by atoms with Crippen LogP contribution in [0, 0.1) is 6.07 Å². The first kappa shape index (κ1) is 8.04. The van der Waals surface area contributed by atoms with E-state index in [1.165, 1.54) is 0 Å². The highest BCUT2D eigenvalue weighted by Gasteiger charge is 2.20. The van der Waals surface area contributed by atoms with Crippen LogP contribution < -0.4 is 18.9 Å². The molecule has 0 spiro atoms. The van der Waals surface area contributed by atoms with Crippen LogP contribution in [0.1, 0.15) is 0 Å². The van der Waals surface area contributed by atoms with E-state index in [0.29, 0.717) is 23.0 Å². The maximum Gasteiger partial charge on any atom is 0.231 e. The van der Waals surface area contributed by atoms with Crippen molar-refractivity contribution in [1.29, 1.82) is 0 Å². The molecule has 2 rings (SSSR count). The molecule has 0 aliphatic carbocycles. The van der Waals surface area contributed by atoms with Gasteiger partial charge in [0.15, 0.2) is 11.5 Å². The third-order valence-corrected chi connectivity index (χ3v) is 1.78. The van der Waals surface area contributed by atoms with Crippen LogP contribution in [0.3, 0.4) is 0 Å². The summed E-state index contributed by atoms with van der Waals surface area (Å²) in [6, 6.07) is 4.60. The van der Waals surface area contributed by atoms with Crippen molar-refractivity contribution in [1.82, 2.24) is 0 Å². The lowest BCUT2D eigenvalue weighted by molar-refractivity contribution is 0.171. The first-order valence-electron chi connectivity index (χ1n) is 3.79. The molecule has 0 saturated heterocycles. The van der Waals surface area contributed by atoms with Crippen molar-refractivity contribution in [3.05, 3.63) is 12.1 Å². The quantitative estimate of drug-likeness (QED) is 0.687. The van der Waals surface area contributed by atoms with E-state index in [9.17, 15) is 0 Å². The van der Waals surface area contributed by atoms with Crippen LogP contribution in [-0.4, -0.2) is 21.0 Å². The smallest absolute Gasteiger partial charge is 0.231 e. The summed E-state index contributed by atoms with van der Waals surface area (Å²) in [5.74, 6) is 2.30. The molecule has 1 heterocycles. The van der Waals surface area contributed by atoms with E-state index in [0.717, 1.165) is 0 Å². The summed E-state index contributed by atoms with van der Waals surface area (Å²) in [4.78, 5) is 0. The van der Waals surface area contributed by atoms with E-state index in [-0.39, 0.29) is 6.79 Å². The van der Waals surface area contributed by atoms with Crippen LogP contribution in [-0.2, 0) is 0 Å². The van der Waals surface area contributed by atoms with Crippen LogP contribution in [0.4, 0.5) is 0 Å². The molecule has 0 N–H and O–H groups in total. The Morgan fingerprint density at radius 1 is 1.31 bits per heavy atom. The minimum absolute atomic E-state index is 0.204. The first-order valence-corrected chi connectivity index (χ1v) is 3.79. The Morgan fingerprint density at radius 2 is 2.15 bits per heavy atom. The molecule has 0 bridgehead atoms. The number of fused-ring (bicyclic) bond motifs is 1. The fourth-order valence-corrected chi connectivity index (χ4v) is 1.15. The van der Waals surface area contributed by atoms with Crippen molar-refractivity contribution >= 4 is 0 Å². The van der Waals surface area contributed by atoms with E-state index in [1.54, 1.807) is 20.3 Å². The molecular weight excluding hydrogens is 172 g/mol. The van der Waals surface area contributed by atoms with Gasteiger partial charge in [0.05, 0.1) is 20.3 Å². The molecule has 0 saturated carbocycles. The van der Waals surface area contributed by atoms with Gasteiger partial charge in [-0.3, -0.25) is 0 Å². The largest absolute Gasteiger partial charge is 0.496 e. The fourth-order valence-electron chi connectivity index (χ4n) is 1.15. The van der Waals surface area contributed by atoms with E-state index in [1.807, 2.05) is 0 Å². The molecule has 69 valence electrons. The zero-order valence-corrected chi connectivity index (χ0v) is 7.42. The van der Waals surface area contributed by atoms with Gasteiger partial charge in [0, 0.05) is 6.07 Å². The standard InChI is InChI=1S/C9H9O4/c1-10-6-3-7(11-2)9-8(4-6)12-5-13-9/h3H,5H2,1-2H3. The van der Waals surface area contributed by atoms with Gasteiger partial charge in [0.25, 0.3) is 0 Å². The van der Waals surface area contributed by atoms with Gasteiger partial charge >= 0.3 is 0 Å². The third-order valence-electron chi connectivity index (χ3n) is 1.78. The number of ether oxygens (including phenoxy) is 4. The van der Waals surface area contributed by atoms with Crippen molar-refractivity contribution in [2.75, 3.05) is 21.0 Å². The van der Waals surface area contributed by atoms with Gasteiger partial charge < -0.3 is 18.9 Å². The number of hydrogen-bond acceptors (Lipinski definition) is 4. The van der Waals surface area contributed by atoms with E-state index >= 15 is 0 Å². The molecule has 0 aromatic heterocycles. The lowest BCUT2D eigenvalue weighted by atomic mass is 10.3. The van der Waals surface area contributed by atoms with Gasteiger partial charge in [-0.1, -0.05) is 0 Å². The van der Waals surface area contributed by atoms with Gasteiger partial charge in [-0.2, -0.15) is 0 Å². The predicted octanol–water partition coefficient (Wildman–Crippen LogP) is 1.23. The molecule has 0 fully saturated rings. The molecule has 0 unspecified atom stereocenters. The summed E-state index contributed by atoms with van der Waals surface area (Å²) in [5, 5.41) is 0. The SMILES string of the molecule is COc1[c]c2c(c(OC)c1)OCO2. The Bertz CT molecular complexity index is 322. The van der Waals surface area contributed by atoms with Crippen LogP contribution in [0.15, 0.2) is 6.07 Å². The maximum absolute atomic E-state index is 5.19. The third kappa shape index (κ3) is 1.24. The molecule has 0 amide bonds. The van der Waals surface area contributed by atoms with Crippen molar-refractivity contribution < 1.29 is 18.9 Å². The van der Waals surface area contributed by atoms with Gasteiger partial charge in [-0.15, -0.1) is 0 Å². The molecule has 1 radical (unpaired) electrons. The van der Waals surface area contributed by atoms with Crippen LogP contribution >= 0.6 is 0 Å². The van der Waals surface area contributed by atoms with Crippen molar-refractivity contribution in [2.45, 2.75) is 0 Å². The Kier molecular flexibility index (Phi) is 1.88. The first-order chi connectivity index (χ1) is 6.35. The average molecular weight is 181 g/mol. The highest BCUT2D eigenvalue weighted by atomic mass is 16.7. The van der Waals surface area contributed by atoms with Gasteiger partial charge in [0.2, 0.25) is 12.5 Å². The summed E-state index contributed by atoms with van der Waals surface area (Å²) in [7, 11) is 3.13. The minimum Gasteiger partial charge on any atom is -0.496 e. The van der Waals surface area contributed by atoms with Crippen LogP contribution in [0.2, 0.25) is 0 Å². The second-order valence-corrected chi connectivity index (χ2v) is 2.47. The maximum atomic E-state index is 5.19. The van der Waals surface area contributed by atoms with Crippen molar-refractivity contribution in [2.24, 2.45) is 0 Å². The topological polar surface area (TPSA) is 36.9 Å². The molecule has 1 aliphatic heterocycles. The number of methoxy groups -OCH3 is 2. The lowest BCUT2D eigenvalue weighted by Crippen LogP contribution is -1.93. The monoisotopic (exact) mass is 181 g/mol.